The molecule has 3 aliphatic rings. The van der Waals surface area contributed by atoms with Gasteiger partial charge in [0.05, 0.1) is 0 Å². The van der Waals surface area contributed by atoms with E-state index in [0.29, 0.717) is 29.5 Å². The molecule has 12 heavy (non-hydrogen) atoms. The van der Waals surface area contributed by atoms with E-state index in [0.717, 1.165) is 12.8 Å². The van der Waals surface area contributed by atoms with Crippen LogP contribution in [-0.2, 0) is 4.79 Å². The van der Waals surface area contributed by atoms with Gasteiger partial charge in [-0.15, -0.1) is 0 Å². The third kappa shape index (κ3) is 0.596. The maximum absolute atomic E-state index is 11.8. The van der Waals surface area contributed by atoms with E-state index in [9.17, 15) is 4.79 Å². The van der Waals surface area contributed by atoms with Crippen LogP contribution in [0, 0.1) is 23.7 Å². The van der Waals surface area contributed by atoms with Crippen molar-refractivity contribution in [3.63, 3.8) is 0 Å². The molecule has 0 amide bonds. The van der Waals surface area contributed by atoms with Crippen molar-refractivity contribution in [2.45, 2.75) is 25.7 Å². The summed E-state index contributed by atoms with van der Waals surface area (Å²) in [6.45, 7) is 4.16. The lowest BCUT2D eigenvalue weighted by Gasteiger charge is -2.27. The van der Waals surface area contributed by atoms with E-state index in [1.54, 1.807) is 0 Å². The van der Waals surface area contributed by atoms with Crippen LogP contribution >= 0.6 is 0 Å². The van der Waals surface area contributed by atoms with Crippen LogP contribution in [0.2, 0.25) is 0 Å². The van der Waals surface area contributed by atoms with Gasteiger partial charge in [0.2, 0.25) is 0 Å². The molecular weight excluding hydrogens is 148 g/mol. The molecule has 4 unspecified atom stereocenters. The smallest absolute Gasteiger partial charge is 0.140 e. The molecule has 4 atom stereocenters. The van der Waals surface area contributed by atoms with Crippen molar-refractivity contribution in [3.05, 3.63) is 12.2 Å². The second-order valence-electron chi connectivity index (χ2n) is 4.56. The number of rotatable bonds is 0. The van der Waals surface area contributed by atoms with Gasteiger partial charge >= 0.3 is 0 Å². The molecule has 0 saturated heterocycles. The van der Waals surface area contributed by atoms with E-state index in [4.69, 9.17) is 0 Å². The summed E-state index contributed by atoms with van der Waals surface area (Å²) >= 11 is 0. The normalized spacial score (nSPS) is 50.3. The molecule has 0 aromatic heterocycles. The molecule has 0 radical (unpaired) electrons. The predicted octanol–water partition coefficient (Wildman–Crippen LogP) is 2.18. The molecule has 3 fully saturated rings. The Bertz CT molecular complexity index is 214. The summed E-state index contributed by atoms with van der Waals surface area (Å²) in [5, 5.41) is 0. The van der Waals surface area contributed by atoms with Gasteiger partial charge in [0, 0.05) is 11.8 Å². The number of Topliss-reactive ketones (excluding diaryl/α,β-unsaturated/α-hetero) is 1. The standard InChI is InChI=1S/C11H14O/c1-6-7-2-3-8(6)10-5-4-9(7)11(10)12/h7-10H,1-5H2. The van der Waals surface area contributed by atoms with Gasteiger partial charge in [-0.1, -0.05) is 12.2 Å². The zero-order valence-corrected chi connectivity index (χ0v) is 7.25. The highest BCUT2D eigenvalue weighted by Crippen LogP contribution is 2.56. The summed E-state index contributed by atoms with van der Waals surface area (Å²) in [5.41, 5.74) is 1.42. The molecular formula is C11H14O. The van der Waals surface area contributed by atoms with Gasteiger partial charge in [0.25, 0.3) is 0 Å². The number of carbonyl (C=O) groups excluding carboxylic acids is 1. The van der Waals surface area contributed by atoms with Crippen LogP contribution in [0.5, 0.6) is 0 Å². The van der Waals surface area contributed by atoms with E-state index in [1.807, 2.05) is 0 Å². The van der Waals surface area contributed by atoms with E-state index in [1.165, 1.54) is 18.4 Å². The highest BCUT2D eigenvalue weighted by atomic mass is 16.1. The molecule has 0 heterocycles. The Labute approximate surface area is 72.8 Å². The summed E-state index contributed by atoms with van der Waals surface area (Å²) in [5.74, 6) is 2.53. The largest absolute Gasteiger partial charge is 0.299 e. The first kappa shape index (κ1) is 6.88. The van der Waals surface area contributed by atoms with Gasteiger partial charge in [-0.3, -0.25) is 4.79 Å². The lowest BCUT2D eigenvalue weighted by atomic mass is 9.75. The molecule has 1 heteroatoms. The molecule has 0 N–H and O–H groups in total. The van der Waals surface area contributed by atoms with Gasteiger partial charge in [0.1, 0.15) is 5.78 Å². The zero-order valence-electron chi connectivity index (χ0n) is 7.25. The van der Waals surface area contributed by atoms with E-state index < -0.39 is 0 Å². The molecule has 0 spiro atoms. The Morgan fingerprint density at radius 1 is 0.917 bits per heavy atom. The Morgan fingerprint density at radius 3 is 1.83 bits per heavy atom. The second kappa shape index (κ2) is 2.01. The maximum Gasteiger partial charge on any atom is 0.140 e. The first-order valence-corrected chi connectivity index (χ1v) is 5.01. The lowest BCUT2D eigenvalue weighted by molar-refractivity contribution is -0.126. The van der Waals surface area contributed by atoms with Gasteiger partial charge in [-0.25, -0.2) is 0 Å². The minimum absolute atomic E-state index is 0.390. The molecule has 0 aromatic carbocycles. The monoisotopic (exact) mass is 162 g/mol. The second-order valence-corrected chi connectivity index (χ2v) is 4.56. The van der Waals surface area contributed by atoms with Crippen molar-refractivity contribution in [2.75, 3.05) is 0 Å². The number of hydrogen-bond donors (Lipinski definition) is 0. The number of carbonyl (C=O) groups is 1. The Hall–Kier alpha value is -0.590. The maximum atomic E-state index is 11.8. The number of fused-ring (bicyclic) bond motifs is 6. The first-order chi connectivity index (χ1) is 5.79. The molecule has 4 bridgehead atoms. The minimum Gasteiger partial charge on any atom is -0.299 e. The number of allylic oxidation sites excluding steroid dienone is 1. The lowest BCUT2D eigenvalue weighted by Crippen LogP contribution is -2.30. The van der Waals surface area contributed by atoms with Gasteiger partial charge in [-0.2, -0.15) is 0 Å². The number of hydrogen-bond acceptors (Lipinski definition) is 1. The van der Waals surface area contributed by atoms with Gasteiger partial charge in [-0.05, 0) is 37.5 Å². The zero-order chi connectivity index (χ0) is 8.29. The Balaban J connectivity index is 2.09. The fraction of sp³-hybridized carbons (Fsp3) is 0.727. The molecule has 1 nitrogen and oxygen atoms in total. The molecule has 3 saturated carbocycles. The average Bonchev–Trinajstić information content (AvgIpc) is 2.41. The number of ketones is 1. The van der Waals surface area contributed by atoms with Crippen molar-refractivity contribution in [3.8, 4) is 0 Å². The van der Waals surface area contributed by atoms with Crippen LogP contribution in [0.15, 0.2) is 12.2 Å². The molecule has 0 aliphatic heterocycles. The third-order valence-corrected chi connectivity index (χ3v) is 4.23. The Morgan fingerprint density at radius 2 is 1.33 bits per heavy atom. The van der Waals surface area contributed by atoms with Crippen LogP contribution in [-0.4, -0.2) is 5.78 Å². The molecule has 0 aromatic rings. The molecule has 3 aliphatic carbocycles. The van der Waals surface area contributed by atoms with Crippen LogP contribution in [0.3, 0.4) is 0 Å². The van der Waals surface area contributed by atoms with Crippen LogP contribution in [0.25, 0.3) is 0 Å². The van der Waals surface area contributed by atoms with Gasteiger partial charge < -0.3 is 0 Å². The average molecular weight is 162 g/mol. The van der Waals surface area contributed by atoms with Crippen molar-refractivity contribution < 1.29 is 4.79 Å². The highest BCUT2D eigenvalue weighted by molar-refractivity contribution is 5.88. The van der Waals surface area contributed by atoms with Crippen molar-refractivity contribution >= 4 is 5.78 Å². The minimum atomic E-state index is 0.390. The van der Waals surface area contributed by atoms with Crippen molar-refractivity contribution in [1.82, 2.24) is 0 Å². The molecule has 64 valence electrons. The summed E-state index contributed by atoms with van der Waals surface area (Å²) in [6.07, 6.45) is 4.81. The predicted molar refractivity (Wildman–Crippen MR) is 46.6 cm³/mol. The van der Waals surface area contributed by atoms with Crippen LogP contribution in [0.4, 0.5) is 0 Å². The Kier molecular flexibility index (Phi) is 1.15. The van der Waals surface area contributed by atoms with Gasteiger partial charge in [0.15, 0.2) is 0 Å². The molecule has 3 rings (SSSR count). The first-order valence-electron chi connectivity index (χ1n) is 5.01. The summed E-state index contributed by atoms with van der Waals surface area (Å²) in [7, 11) is 0. The van der Waals surface area contributed by atoms with Crippen molar-refractivity contribution in [1.29, 1.82) is 0 Å². The van der Waals surface area contributed by atoms with Crippen LogP contribution in [0.1, 0.15) is 25.7 Å². The van der Waals surface area contributed by atoms with Crippen LogP contribution < -0.4 is 0 Å². The summed E-state index contributed by atoms with van der Waals surface area (Å²) in [6, 6.07) is 0. The third-order valence-electron chi connectivity index (χ3n) is 4.23. The van der Waals surface area contributed by atoms with E-state index >= 15 is 0 Å². The quantitative estimate of drug-likeness (QED) is 0.499. The summed E-state index contributed by atoms with van der Waals surface area (Å²) in [4.78, 5) is 11.8. The SMILES string of the molecule is C=C1C2CCC1C1CCC2C1=O. The highest BCUT2D eigenvalue weighted by Gasteiger charge is 2.53. The fourth-order valence-corrected chi connectivity index (χ4v) is 3.64. The topological polar surface area (TPSA) is 17.1 Å². The van der Waals surface area contributed by atoms with E-state index in [-0.39, 0.29) is 0 Å². The van der Waals surface area contributed by atoms with Crippen molar-refractivity contribution in [2.24, 2.45) is 23.7 Å². The fourth-order valence-electron chi connectivity index (χ4n) is 3.64. The van der Waals surface area contributed by atoms with E-state index in [2.05, 4.69) is 6.58 Å². The summed E-state index contributed by atoms with van der Waals surface area (Å²) < 4.78 is 0.